The highest BCUT2D eigenvalue weighted by atomic mass is 35.5. The molecule has 2 amide bonds. The van der Waals surface area contributed by atoms with Gasteiger partial charge in [0, 0.05) is 23.2 Å². The highest BCUT2D eigenvalue weighted by molar-refractivity contribution is 6.36. The zero-order valence-corrected chi connectivity index (χ0v) is 15.4. The predicted molar refractivity (Wildman–Crippen MR) is 98.2 cm³/mol. The van der Waals surface area contributed by atoms with Gasteiger partial charge in [-0.2, -0.15) is 5.26 Å². The van der Waals surface area contributed by atoms with Gasteiger partial charge in [-0.05, 0) is 48.9 Å². The summed E-state index contributed by atoms with van der Waals surface area (Å²) in [7, 11) is 1.34. The molecule has 1 aliphatic heterocycles. The predicted octanol–water partition coefficient (Wildman–Crippen LogP) is 4.48. The van der Waals surface area contributed by atoms with Crippen LogP contribution in [0.25, 0.3) is 17.4 Å². The van der Waals surface area contributed by atoms with Gasteiger partial charge in [0.1, 0.15) is 23.2 Å². The van der Waals surface area contributed by atoms with Gasteiger partial charge in [0.2, 0.25) is 0 Å². The van der Waals surface area contributed by atoms with Crippen LogP contribution >= 0.6 is 23.2 Å². The van der Waals surface area contributed by atoms with E-state index in [0.717, 1.165) is 4.90 Å². The van der Waals surface area contributed by atoms with Crippen molar-refractivity contribution in [3.8, 4) is 17.4 Å². The van der Waals surface area contributed by atoms with Crippen LogP contribution in [0.5, 0.6) is 0 Å². The minimum Gasteiger partial charge on any atom is -0.457 e. The zero-order chi connectivity index (χ0) is 19.0. The number of nitrogens with zero attached hydrogens (tertiary/aromatic N) is 2. The molecule has 0 saturated carbocycles. The SMILES string of the molecule is CC1=C(C#N)C(=O)N(C)C(=O)/C1=C/c1ccc(-c2ccc(Cl)cc2Cl)o1. The Kier molecular flexibility index (Phi) is 4.73. The summed E-state index contributed by atoms with van der Waals surface area (Å²) in [6, 6.07) is 10.3. The Balaban J connectivity index is 2.05. The summed E-state index contributed by atoms with van der Waals surface area (Å²) in [5, 5.41) is 10.1. The molecule has 7 heteroatoms. The Hall–Kier alpha value is -2.81. The standard InChI is InChI=1S/C19H12Cl2N2O3/c1-10-14(18(24)23(2)19(25)15(10)9-22)8-12-4-6-17(26-12)13-5-3-11(20)7-16(13)21/h3-8H,1-2H3/b14-8+. The van der Waals surface area contributed by atoms with Crippen LogP contribution in [0.3, 0.4) is 0 Å². The second-order valence-electron chi connectivity index (χ2n) is 5.67. The summed E-state index contributed by atoms with van der Waals surface area (Å²) in [6.45, 7) is 1.56. The van der Waals surface area contributed by atoms with E-state index >= 15 is 0 Å². The summed E-state index contributed by atoms with van der Waals surface area (Å²) in [6.07, 6.45) is 1.51. The molecule has 26 heavy (non-hydrogen) atoms. The molecule has 0 unspecified atom stereocenters. The van der Waals surface area contributed by atoms with Crippen LogP contribution in [-0.2, 0) is 9.59 Å². The van der Waals surface area contributed by atoms with E-state index in [4.69, 9.17) is 27.6 Å². The maximum atomic E-state index is 12.4. The van der Waals surface area contributed by atoms with Crippen molar-refractivity contribution in [2.75, 3.05) is 7.05 Å². The molecular weight excluding hydrogens is 375 g/mol. The number of imide groups is 1. The number of hydrogen-bond acceptors (Lipinski definition) is 4. The first-order valence-electron chi connectivity index (χ1n) is 7.54. The molecule has 2 aromatic rings. The molecule has 1 aliphatic rings. The van der Waals surface area contributed by atoms with Crippen molar-refractivity contribution in [2.45, 2.75) is 6.92 Å². The molecule has 1 aromatic heterocycles. The summed E-state index contributed by atoms with van der Waals surface area (Å²) < 4.78 is 5.76. The smallest absolute Gasteiger partial charge is 0.271 e. The van der Waals surface area contributed by atoms with E-state index < -0.39 is 11.8 Å². The molecule has 3 rings (SSSR count). The van der Waals surface area contributed by atoms with Crippen molar-refractivity contribution in [1.29, 1.82) is 5.26 Å². The van der Waals surface area contributed by atoms with E-state index in [-0.39, 0.29) is 11.1 Å². The van der Waals surface area contributed by atoms with Crippen LogP contribution < -0.4 is 0 Å². The average Bonchev–Trinajstić information content (AvgIpc) is 3.06. The third kappa shape index (κ3) is 3.05. The van der Waals surface area contributed by atoms with Crippen molar-refractivity contribution >= 4 is 41.1 Å². The van der Waals surface area contributed by atoms with Crippen LogP contribution in [0, 0.1) is 11.3 Å². The lowest BCUT2D eigenvalue weighted by Gasteiger charge is -2.23. The van der Waals surface area contributed by atoms with E-state index in [1.165, 1.54) is 13.1 Å². The van der Waals surface area contributed by atoms with Crippen LogP contribution in [0.15, 0.2) is 51.5 Å². The van der Waals surface area contributed by atoms with E-state index in [9.17, 15) is 14.9 Å². The Morgan fingerprint density at radius 3 is 2.54 bits per heavy atom. The van der Waals surface area contributed by atoms with E-state index in [0.29, 0.717) is 32.7 Å². The number of carbonyl (C=O) groups excluding carboxylic acids is 2. The van der Waals surface area contributed by atoms with Gasteiger partial charge in [0.05, 0.1) is 5.02 Å². The Morgan fingerprint density at radius 2 is 1.88 bits per heavy atom. The Morgan fingerprint density at radius 1 is 1.15 bits per heavy atom. The molecule has 0 aliphatic carbocycles. The summed E-state index contributed by atoms with van der Waals surface area (Å²) in [5.41, 5.74) is 1.15. The van der Waals surface area contributed by atoms with Crippen molar-refractivity contribution < 1.29 is 14.0 Å². The first-order valence-corrected chi connectivity index (χ1v) is 8.29. The van der Waals surface area contributed by atoms with E-state index in [1.54, 1.807) is 37.3 Å². The summed E-state index contributed by atoms with van der Waals surface area (Å²) in [4.78, 5) is 25.3. The number of rotatable bonds is 2. The largest absolute Gasteiger partial charge is 0.457 e. The van der Waals surface area contributed by atoms with Gasteiger partial charge in [0.25, 0.3) is 11.8 Å². The molecule has 0 radical (unpaired) electrons. The van der Waals surface area contributed by atoms with Gasteiger partial charge in [-0.15, -0.1) is 0 Å². The molecule has 0 bridgehead atoms. The van der Waals surface area contributed by atoms with Crippen LogP contribution in [-0.4, -0.2) is 23.8 Å². The van der Waals surface area contributed by atoms with Crippen LogP contribution in [0.1, 0.15) is 12.7 Å². The van der Waals surface area contributed by atoms with E-state index in [2.05, 4.69) is 0 Å². The third-order valence-electron chi connectivity index (χ3n) is 4.05. The second kappa shape index (κ2) is 6.83. The zero-order valence-electron chi connectivity index (χ0n) is 13.8. The van der Waals surface area contributed by atoms with Gasteiger partial charge in [0.15, 0.2) is 0 Å². The van der Waals surface area contributed by atoms with Gasteiger partial charge in [-0.3, -0.25) is 14.5 Å². The molecule has 0 atom stereocenters. The number of carbonyl (C=O) groups is 2. The fraction of sp³-hybridized carbons (Fsp3) is 0.105. The molecular formula is C19H12Cl2N2O3. The Labute approximate surface area is 159 Å². The van der Waals surface area contributed by atoms with Crippen LogP contribution in [0.4, 0.5) is 0 Å². The van der Waals surface area contributed by atoms with Crippen molar-refractivity contribution in [3.63, 3.8) is 0 Å². The molecule has 5 nitrogen and oxygen atoms in total. The number of amides is 2. The maximum Gasteiger partial charge on any atom is 0.271 e. The molecule has 1 aromatic carbocycles. The van der Waals surface area contributed by atoms with E-state index in [1.807, 2.05) is 6.07 Å². The monoisotopic (exact) mass is 386 g/mol. The highest BCUT2D eigenvalue weighted by Crippen LogP contribution is 2.33. The highest BCUT2D eigenvalue weighted by Gasteiger charge is 2.33. The first kappa shape index (κ1) is 18.0. The quantitative estimate of drug-likeness (QED) is 0.563. The number of nitriles is 1. The Bertz CT molecular complexity index is 1040. The second-order valence-corrected chi connectivity index (χ2v) is 6.51. The van der Waals surface area contributed by atoms with Gasteiger partial charge in [-0.25, -0.2) is 0 Å². The average molecular weight is 387 g/mol. The lowest BCUT2D eigenvalue weighted by atomic mass is 9.95. The van der Waals surface area contributed by atoms with Crippen LogP contribution in [0.2, 0.25) is 10.0 Å². The minimum atomic E-state index is -0.611. The normalized spacial score (nSPS) is 16.4. The third-order valence-corrected chi connectivity index (χ3v) is 4.60. The lowest BCUT2D eigenvalue weighted by molar-refractivity contribution is -0.138. The molecule has 0 fully saturated rings. The number of halogens is 2. The van der Waals surface area contributed by atoms with Gasteiger partial charge < -0.3 is 4.42 Å². The molecule has 2 heterocycles. The fourth-order valence-corrected chi connectivity index (χ4v) is 3.11. The number of likely N-dealkylation sites (N-methyl/N-ethyl adjacent to an activating group) is 1. The molecule has 0 spiro atoms. The topological polar surface area (TPSA) is 74.3 Å². The maximum absolute atomic E-state index is 12.4. The molecule has 0 N–H and O–H groups in total. The fourth-order valence-electron chi connectivity index (χ4n) is 2.60. The summed E-state index contributed by atoms with van der Waals surface area (Å²) >= 11 is 12.1. The first-order chi connectivity index (χ1) is 12.3. The number of furan rings is 1. The number of hydrogen-bond donors (Lipinski definition) is 0. The van der Waals surface area contributed by atoms with Crippen molar-refractivity contribution in [3.05, 3.63) is 62.9 Å². The van der Waals surface area contributed by atoms with Crippen molar-refractivity contribution in [2.24, 2.45) is 0 Å². The lowest BCUT2D eigenvalue weighted by Crippen LogP contribution is -2.39. The van der Waals surface area contributed by atoms with Crippen molar-refractivity contribution in [1.82, 2.24) is 4.90 Å². The molecule has 130 valence electrons. The van der Waals surface area contributed by atoms with Gasteiger partial charge >= 0.3 is 0 Å². The van der Waals surface area contributed by atoms with Gasteiger partial charge in [-0.1, -0.05) is 23.2 Å². The summed E-state index contributed by atoms with van der Waals surface area (Å²) in [5.74, 6) is -0.198. The minimum absolute atomic E-state index is 0.0640. The molecule has 0 saturated heterocycles. The number of benzene rings is 1.